The number of hydrogen-bond donors (Lipinski definition) is 2. The van der Waals surface area contributed by atoms with Crippen LogP contribution in [0.15, 0.2) is 10.8 Å². The predicted molar refractivity (Wildman–Crippen MR) is 73.8 cm³/mol. The van der Waals surface area contributed by atoms with Gasteiger partial charge in [0.05, 0.1) is 0 Å². The number of nitrogens with two attached hydrogens (primary N) is 1. The van der Waals surface area contributed by atoms with Gasteiger partial charge in [-0.3, -0.25) is 0 Å². The number of nitrogen functional groups attached to an aromatic ring is 1. The van der Waals surface area contributed by atoms with E-state index in [9.17, 15) is 0 Å². The van der Waals surface area contributed by atoms with Crippen LogP contribution in [0.1, 0.15) is 39.0 Å². The van der Waals surface area contributed by atoms with Crippen molar-refractivity contribution in [2.24, 2.45) is 5.92 Å². The molecule has 2 rings (SSSR count). The molecule has 0 amide bonds. The van der Waals surface area contributed by atoms with Crippen LogP contribution in [0.2, 0.25) is 0 Å². The molecule has 0 radical (unpaired) electrons. The van der Waals surface area contributed by atoms with Crippen molar-refractivity contribution in [2.75, 3.05) is 11.1 Å². The summed E-state index contributed by atoms with van der Waals surface area (Å²) in [4.78, 5) is 8.16. The first-order valence-electron chi connectivity index (χ1n) is 6.21. The van der Waals surface area contributed by atoms with Gasteiger partial charge in [-0.25, -0.2) is 9.97 Å². The van der Waals surface area contributed by atoms with Gasteiger partial charge < -0.3 is 11.1 Å². The maximum absolute atomic E-state index is 5.74. The smallest absolute Gasteiger partial charge is 0.146 e. The summed E-state index contributed by atoms with van der Waals surface area (Å²) in [5, 5.41) is 3.44. The number of hydrogen-bond acceptors (Lipinski definition) is 4. The van der Waals surface area contributed by atoms with Crippen LogP contribution in [-0.4, -0.2) is 16.0 Å². The lowest BCUT2D eigenvalue weighted by Gasteiger charge is -2.28. The number of nitrogens with one attached hydrogen (secondary N) is 1. The molecule has 0 aromatic carbocycles. The molecular formula is C12H19BrN4. The Balaban J connectivity index is 2.01. The highest BCUT2D eigenvalue weighted by atomic mass is 79.9. The van der Waals surface area contributed by atoms with Gasteiger partial charge in [-0.05, 0) is 41.6 Å². The Morgan fingerprint density at radius 1 is 1.35 bits per heavy atom. The van der Waals surface area contributed by atoms with E-state index < -0.39 is 0 Å². The van der Waals surface area contributed by atoms with Crippen LogP contribution in [0.4, 0.5) is 11.6 Å². The van der Waals surface area contributed by atoms with E-state index in [1.165, 1.54) is 38.4 Å². The topological polar surface area (TPSA) is 63.8 Å². The van der Waals surface area contributed by atoms with Crippen LogP contribution >= 0.6 is 15.9 Å². The van der Waals surface area contributed by atoms with E-state index in [4.69, 9.17) is 5.73 Å². The average Bonchev–Trinajstić information content (AvgIpc) is 2.36. The second-order valence-electron chi connectivity index (χ2n) is 4.75. The Kier molecular flexibility index (Phi) is 4.20. The van der Waals surface area contributed by atoms with Crippen LogP contribution in [0.5, 0.6) is 0 Å². The largest absolute Gasteiger partial charge is 0.383 e. The first kappa shape index (κ1) is 12.6. The molecular weight excluding hydrogens is 280 g/mol. The van der Waals surface area contributed by atoms with E-state index in [0.29, 0.717) is 11.9 Å². The molecule has 94 valence electrons. The molecule has 4 nitrogen and oxygen atoms in total. The molecule has 1 fully saturated rings. The Labute approximate surface area is 111 Å². The van der Waals surface area contributed by atoms with Crippen molar-refractivity contribution in [1.82, 2.24) is 9.97 Å². The first-order chi connectivity index (χ1) is 8.18. The van der Waals surface area contributed by atoms with Gasteiger partial charge in [-0.15, -0.1) is 0 Å². The summed E-state index contributed by atoms with van der Waals surface area (Å²) in [6.45, 7) is 2.22. The Hall–Kier alpha value is -0.840. The molecule has 1 unspecified atom stereocenters. The maximum atomic E-state index is 5.74. The minimum absolute atomic E-state index is 0.431. The number of rotatable bonds is 3. The van der Waals surface area contributed by atoms with Gasteiger partial charge in [0.2, 0.25) is 0 Å². The fraction of sp³-hybridized carbons (Fsp3) is 0.667. The Morgan fingerprint density at radius 3 is 2.76 bits per heavy atom. The van der Waals surface area contributed by atoms with E-state index in [1.807, 2.05) is 0 Å². The molecule has 1 atom stereocenters. The maximum Gasteiger partial charge on any atom is 0.146 e. The quantitative estimate of drug-likeness (QED) is 0.899. The fourth-order valence-electron chi connectivity index (χ4n) is 2.45. The molecule has 0 spiro atoms. The van der Waals surface area contributed by atoms with Crippen molar-refractivity contribution < 1.29 is 0 Å². The van der Waals surface area contributed by atoms with E-state index >= 15 is 0 Å². The highest BCUT2D eigenvalue weighted by Crippen LogP contribution is 2.30. The molecule has 0 aliphatic heterocycles. The van der Waals surface area contributed by atoms with Gasteiger partial charge in [0.1, 0.15) is 22.4 Å². The second kappa shape index (κ2) is 5.67. The standard InChI is InChI=1S/C12H19BrN4/c1-8(9-5-3-2-4-6-9)17-12-10(13)11(14)15-7-16-12/h7-9H,2-6H2,1H3,(H3,14,15,16,17). The minimum atomic E-state index is 0.431. The van der Waals surface area contributed by atoms with Gasteiger partial charge in [0.25, 0.3) is 0 Å². The first-order valence-corrected chi connectivity index (χ1v) is 7.00. The van der Waals surface area contributed by atoms with Gasteiger partial charge in [-0.2, -0.15) is 0 Å². The summed E-state index contributed by atoms with van der Waals surface area (Å²) in [6, 6.07) is 0.431. The molecule has 1 aromatic rings. The van der Waals surface area contributed by atoms with E-state index in [2.05, 4.69) is 38.1 Å². The summed E-state index contributed by atoms with van der Waals surface area (Å²) < 4.78 is 0.766. The van der Waals surface area contributed by atoms with Crippen LogP contribution < -0.4 is 11.1 Å². The molecule has 5 heteroatoms. The van der Waals surface area contributed by atoms with E-state index in [-0.39, 0.29) is 0 Å². The summed E-state index contributed by atoms with van der Waals surface area (Å²) in [6.07, 6.45) is 8.20. The zero-order chi connectivity index (χ0) is 12.3. The van der Waals surface area contributed by atoms with Crippen molar-refractivity contribution in [2.45, 2.75) is 45.1 Å². The molecule has 1 aliphatic rings. The predicted octanol–water partition coefficient (Wildman–Crippen LogP) is 3.20. The lowest BCUT2D eigenvalue weighted by atomic mass is 9.84. The highest BCUT2D eigenvalue weighted by Gasteiger charge is 2.21. The summed E-state index contributed by atoms with van der Waals surface area (Å²) in [5.41, 5.74) is 5.74. The summed E-state index contributed by atoms with van der Waals surface area (Å²) in [5.74, 6) is 2.03. The van der Waals surface area contributed by atoms with Gasteiger partial charge in [0.15, 0.2) is 0 Å². The van der Waals surface area contributed by atoms with E-state index in [1.54, 1.807) is 0 Å². The summed E-state index contributed by atoms with van der Waals surface area (Å²) >= 11 is 3.42. The number of halogens is 1. The van der Waals surface area contributed by atoms with Crippen molar-refractivity contribution in [3.63, 3.8) is 0 Å². The van der Waals surface area contributed by atoms with Crippen molar-refractivity contribution in [1.29, 1.82) is 0 Å². The summed E-state index contributed by atoms with van der Waals surface area (Å²) in [7, 11) is 0. The van der Waals surface area contributed by atoms with Crippen LogP contribution in [0, 0.1) is 5.92 Å². The fourth-order valence-corrected chi connectivity index (χ4v) is 2.77. The van der Waals surface area contributed by atoms with Gasteiger partial charge in [-0.1, -0.05) is 19.3 Å². The second-order valence-corrected chi connectivity index (χ2v) is 5.55. The van der Waals surface area contributed by atoms with Crippen LogP contribution in [0.25, 0.3) is 0 Å². The van der Waals surface area contributed by atoms with Crippen molar-refractivity contribution >= 4 is 27.6 Å². The lowest BCUT2D eigenvalue weighted by Crippen LogP contribution is -2.28. The van der Waals surface area contributed by atoms with E-state index in [0.717, 1.165) is 16.2 Å². The monoisotopic (exact) mass is 298 g/mol. The Morgan fingerprint density at radius 2 is 2.06 bits per heavy atom. The molecule has 1 heterocycles. The third-order valence-electron chi connectivity index (χ3n) is 3.54. The van der Waals surface area contributed by atoms with Crippen LogP contribution in [-0.2, 0) is 0 Å². The lowest BCUT2D eigenvalue weighted by molar-refractivity contribution is 0.328. The van der Waals surface area contributed by atoms with Gasteiger partial charge in [0, 0.05) is 6.04 Å². The number of aromatic nitrogens is 2. The zero-order valence-electron chi connectivity index (χ0n) is 10.1. The van der Waals surface area contributed by atoms with Gasteiger partial charge >= 0.3 is 0 Å². The molecule has 1 aliphatic carbocycles. The minimum Gasteiger partial charge on any atom is -0.383 e. The molecule has 17 heavy (non-hydrogen) atoms. The van der Waals surface area contributed by atoms with Crippen molar-refractivity contribution in [3.05, 3.63) is 10.8 Å². The van der Waals surface area contributed by atoms with Crippen molar-refractivity contribution in [3.8, 4) is 0 Å². The third kappa shape index (κ3) is 3.09. The average molecular weight is 299 g/mol. The highest BCUT2D eigenvalue weighted by molar-refractivity contribution is 9.10. The molecule has 1 saturated carbocycles. The normalized spacial score (nSPS) is 18.9. The molecule has 3 N–H and O–H groups in total. The van der Waals surface area contributed by atoms with Crippen LogP contribution in [0.3, 0.4) is 0 Å². The molecule has 0 saturated heterocycles. The number of anilines is 2. The molecule has 1 aromatic heterocycles. The SMILES string of the molecule is CC(Nc1ncnc(N)c1Br)C1CCCCC1. The number of nitrogens with zero attached hydrogens (tertiary/aromatic N) is 2. The third-order valence-corrected chi connectivity index (χ3v) is 4.32. The molecule has 0 bridgehead atoms. The zero-order valence-corrected chi connectivity index (χ0v) is 11.7. The Bertz CT molecular complexity index is 377.